The minimum absolute atomic E-state index is 0.799. The topological polar surface area (TPSA) is 50.0 Å². The SMILES string of the molecule is CC=Nc1ccc(N=Nc2ccc(C)c3ncccc23)cc1. The van der Waals surface area contributed by atoms with Crippen molar-refractivity contribution in [3.63, 3.8) is 0 Å². The third-order valence-corrected chi connectivity index (χ3v) is 3.35. The van der Waals surface area contributed by atoms with E-state index in [2.05, 4.69) is 20.2 Å². The van der Waals surface area contributed by atoms with Crippen LogP contribution in [0.3, 0.4) is 0 Å². The van der Waals surface area contributed by atoms with Gasteiger partial charge in [-0.2, -0.15) is 5.11 Å². The average molecular weight is 288 g/mol. The molecule has 2 aromatic carbocycles. The van der Waals surface area contributed by atoms with Gasteiger partial charge in [-0.25, -0.2) is 0 Å². The molecule has 0 N–H and O–H groups in total. The molecule has 0 aliphatic carbocycles. The predicted molar refractivity (Wildman–Crippen MR) is 90.9 cm³/mol. The van der Waals surface area contributed by atoms with Gasteiger partial charge in [0.15, 0.2) is 0 Å². The van der Waals surface area contributed by atoms with Crippen molar-refractivity contribution in [3.05, 3.63) is 60.3 Å². The minimum atomic E-state index is 0.799. The Balaban J connectivity index is 1.94. The van der Waals surface area contributed by atoms with Crippen LogP contribution in [0.2, 0.25) is 0 Å². The van der Waals surface area contributed by atoms with Gasteiger partial charge in [-0.1, -0.05) is 6.07 Å². The molecule has 0 aliphatic heterocycles. The zero-order valence-corrected chi connectivity index (χ0v) is 12.6. The first-order valence-electron chi connectivity index (χ1n) is 7.13. The summed E-state index contributed by atoms with van der Waals surface area (Å²) in [6.45, 7) is 3.94. The van der Waals surface area contributed by atoms with Crippen LogP contribution in [-0.4, -0.2) is 11.2 Å². The smallest absolute Gasteiger partial charge is 0.0951 e. The molecule has 0 saturated heterocycles. The van der Waals surface area contributed by atoms with Gasteiger partial charge in [0.2, 0.25) is 0 Å². The van der Waals surface area contributed by atoms with Gasteiger partial charge in [0.25, 0.3) is 0 Å². The summed E-state index contributed by atoms with van der Waals surface area (Å²) in [5, 5.41) is 9.68. The second-order valence-corrected chi connectivity index (χ2v) is 4.90. The molecule has 1 heterocycles. The largest absolute Gasteiger partial charge is 0.262 e. The van der Waals surface area contributed by atoms with Crippen LogP contribution in [0, 0.1) is 6.92 Å². The molecule has 4 heteroatoms. The third kappa shape index (κ3) is 2.91. The molecule has 0 atom stereocenters. The molecule has 4 nitrogen and oxygen atoms in total. The Bertz CT molecular complexity index is 849. The van der Waals surface area contributed by atoms with Gasteiger partial charge in [0.05, 0.1) is 22.6 Å². The van der Waals surface area contributed by atoms with E-state index in [0.717, 1.165) is 33.5 Å². The quantitative estimate of drug-likeness (QED) is 0.451. The molecule has 0 spiro atoms. The Hall–Kier alpha value is -2.88. The predicted octanol–water partition coefficient (Wildman–Crippen LogP) is 5.68. The van der Waals surface area contributed by atoms with Gasteiger partial charge < -0.3 is 0 Å². The van der Waals surface area contributed by atoms with E-state index in [4.69, 9.17) is 0 Å². The van der Waals surface area contributed by atoms with Crippen molar-refractivity contribution in [2.24, 2.45) is 15.2 Å². The van der Waals surface area contributed by atoms with Crippen molar-refractivity contribution < 1.29 is 0 Å². The first-order chi connectivity index (χ1) is 10.8. The zero-order valence-electron chi connectivity index (χ0n) is 12.6. The van der Waals surface area contributed by atoms with Crippen molar-refractivity contribution in [1.82, 2.24) is 4.98 Å². The van der Waals surface area contributed by atoms with Gasteiger partial charge in [0.1, 0.15) is 0 Å². The van der Waals surface area contributed by atoms with Crippen molar-refractivity contribution in [3.8, 4) is 0 Å². The van der Waals surface area contributed by atoms with Gasteiger partial charge in [-0.15, -0.1) is 5.11 Å². The molecule has 0 fully saturated rings. The summed E-state index contributed by atoms with van der Waals surface area (Å²) in [5.41, 5.74) is 4.63. The van der Waals surface area contributed by atoms with E-state index in [0.29, 0.717) is 0 Å². The molecule has 0 aliphatic rings. The van der Waals surface area contributed by atoms with Crippen molar-refractivity contribution in [1.29, 1.82) is 0 Å². The molecule has 0 bridgehead atoms. The zero-order chi connectivity index (χ0) is 15.4. The fourth-order valence-corrected chi connectivity index (χ4v) is 2.25. The lowest BCUT2D eigenvalue weighted by Gasteiger charge is -2.03. The van der Waals surface area contributed by atoms with Gasteiger partial charge in [-0.05, 0) is 61.9 Å². The lowest BCUT2D eigenvalue weighted by atomic mass is 10.1. The molecule has 0 amide bonds. The minimum Gasteiger partial charge on any atom is -0.262 e. The number of aliphatic imine (C=N–C) groups is 1. The maximum absolute atomic E-state index is 4.41. The highest BCUT2D eigenvalue weighted by Gasteiger charge is 2.03. The van der Waals surface area contributed by atoms with Crippen LogP contribution >= 0.6 is 0 Å². The molecule has 3 rings (SSSR count). The Morgan fingerprint density at radius 2 is 1.68 bits per heavy atom. The maximum atomic E-state index is 4.41. The second kappa shape index (κ2) is 6.26. The van der Waals surface area contributed by atoms with E-state index in [1.54, 1.807) is 12.4 Å². The molecule has 108 valence electrons. The molecule has 0 radical (unpaired) electrons. The normalized spacial score (nSPS) is 11.7. The lowest BCUT2D eigenvalue weighted by Crippen LogP contribution is -1.82. The monoisotopic (exact) mass is 288 g/mol. The standard InChI is InChI=1S/C18H16N4/c1-3-19-14-7-9-15(10-8-14)21-22-17-11-6-13(2)18-16(17)5-4-12-20-18/h3-12H,1-2H3. The van der Waals surface area contributed by atoms with Gasteiger partial charge in [0, 0.05) is 17.8 Å². The maximum Gasteiger partial charge on any atom is 0.0951 e. The number of aryl methyl sites for hydroxylation is 1. The molecule has 22 heavy (non-hydrogen) atoms. The first kappa shape index (κ1) is 14.1. The number of aromatic nitrogens is 1. The number of benzene rings is 2. The molecule has 3 aromatic rings. The van der Waals surface area contributed by atoms with Crippen LogP contribution in [0.15, 0.2) is 69.9 Å². The molecule has 0 unspecified atom stereocenters. The Morgan fingerprint density at radius 1 is 0.909 bits per heavy atom. The lowest BCUT2D eigenvalue weighted by molar-refractivity contribution is 1.23. The Labute approximate surface area is 129 Å². The number of fused-ring (bicyclic) bond motifs is 1. The summed E-state index contributed by atoms with van der Waals surface area (Å²) in [4.78, 5) is 8.62. The van der Waals surface area contributed by atoms with E-state index >= 15 is 0 Å². The van der Waals surface area contributed by atoms with E-state index in [9.17, 15) is 0 Å². The van der Waals surface area contributed by atoms with Crippen LogP contribution in [0.4, 0.5) is 17.1 Å². The summed E-state index contributed by atoms with van der Waals surface area (Å²) in [5.74, 6) is 0. The van der Waals surface area contributed by atoms with Crippen LogP contribution in [-0.2, 0) is 0 Å². The number of rotatable bonds is 3. The molecule has 1 aromatic heterocycles. The summed E-state index contributed by atoms with van der Waals surface area (Å²) >= 11 is 0. The van der Waals surface area contributed by atoms with Crippen LogP contribution in [0.1, 0.15) is 12.5 Å². The number of azo groups is 1. The Morgan fingerprint density at radius 3 is 2.45 bits per heavy atom. The number of nitrogens with zero attached hydrogens (tertiary/aromatic N) is 4. The van der Waals surface area contributed by atoms with Crippen LogP contribution in [0.5, 0.6) is 0 Å². The summed E-state index contributed by atoms with van der Waals surface area (Å²) in [6, 6.07) is 15.6. The highest BCUT2D eigenvalue weighted by molar-refractivity contribution is 5.91. The van der Waals surface area contributed by atoms with Crippen molar-refractivity contribution in [2.75, 3.05) is 0 Å². The average Bonchev–Trinajstić information content (AvgIpc) is 2.56. The number of hydrogen-bond acceptors (Lipinski definition) is 4. The van der Waals surface area contributed by atoms with Crippen molar-refractivity contribution >= 4 is 34.2 Å². The second-order valence-electron chi connectivity index (χ2n) is 4.90. The molecule has 0 saturated carbocycles. The van der Waals surface area contributed by atoms with Gasteiger partial charge in [-0.3, -0.25) is 9.98 Å². The highest BCUT2D eigenvalue weighted by atomic mass is 15.1. The first-order valence-corrected chi connectivity index (χ1v) is 7.13. The van der Waals surface area contributed by atoms with E-state index < -0.39 is 0 Å². The summed E-state index contributed by atoms with van der Waals surface area (Å²) < 4.78 is 0. The van der Waals surface area contributed by atoms with Crippen LogP contribution < -0.4 is 0 Å². The van der Waals surface area contributed by atoms with E-state index in [-0.39, 0.29) is 0 Å². The van der Waals surface area contributed by atoms with E-state index in [1.807, 2.05) is 62.4 Å². The fourth-order valence-electron chi connectivity index (χ4n) is 2.25. The summed E-state index contributed by atoms with van der Waals surface area (Å²) in [6.07, 6.45) is 3.56. The molecular formula is C18H16N4. The number of pyridine rings is 1. The highest BCUT2D eigenvalue weighted by Crippen LogP contribution is 2.28. The molecular weight excluding hydrogens is 272 g/mol. The van der Waals surface area contributed by atoms with Gasteiger partial charge >= 0.3 is 0 Å². The number of hydrogen-bond donors (Lipinski definition) is 0. The Kier molecular flexibility index (Phi) is 4.01. The summed E-state index contributed by atoms with van der Waals surface area (Å²) in [7, 11) is 0. The van der Waals surface area contributed by atoms with E-state index in [1.165, 1.54) is 0 Å². The fraction of sp³-hybridized carbons (Fsp3) is 0.111. The van der Waals surface area contributed by atoms with Crippen LogP contribution in [0.25, 0.3) is 10.9 Å². The van der Waals surface area contributed by atoms with Crippen molar-refractivity contribution in [2.45, 2.75) is 13.8 Å². The third-order valence-electron chi connectivity index (χ3n) is 3.35.